The second-order valence-electron chi connectivity index (χ2n) is 4.88. The van der Waals surface area contributed by atoms with Gasteiger partial charge in [-0.15, -0.1) is 0 Å². The van der Waals surface area contributed by atoms with Crippen LogP contribution >= 0.6 is 0 Å². The number of nitriles is 1. The highest BCUT2D eigenvalue weighted by Crippen LogP contribution is 2.11. The molecule has 0 aliphatic rings. The number of aromatic nitrogens is 1. The van der Waals surface area contributed by atoms with Gasteiger partial charge in [0.05, 0.1) is 7.11 Å². The number of carbonyl (C=O) groups is 1. The average Bonchev–Trinajstić information content (AvgIpc) is 2.63. The Balaban J connectivity index is 1.84. The summed E-state index contributed by atoms with van der Waals surface area (Å²) in [7, 11) is 1.62. The van der Waals surface area contributed by atoms with Crippen LogP contribution < -0.4 is 15.4 Å². The summed E-state index contributed by atoms with van der Waals surface area (Å²) in [6.45, 7) is 0.438. The number of carbonyl (C=O) groups excluding carboxylic acids is 1. The fourth-order valence-corrected chi connectivity index (χ4v) is 1.95. The molecule has 0 atom stereocenters. The average molecular weight is 322 g/mol. The van der Waals surface area contributed by atoms with Crippen molar-refractivity contribution in [3.05, 3.63) is 66.0 Å². The zero-order valence-corrected chi connectivity index (χ0v) is 13.3. The number of ether oxygens (including phenoxy) is 1. The monoisotopic (exact) mass is 322 g/mol. The molecule has 2 rings (SSSR count). The van der Waals surface area contributed by atoms with E-state index in [2.05, 4.69) is 15.6 Å². The highest BCUT2D eigenvalue weighted by molar-refractivity contribution is 5.97. The van der Waals surface area contributed by atoms with E-state index in [0.717, 1.165) is 11.3 Å². The molecule has 6 nitrogen and oxygen atoms in total. The first-order valence-electron chi connectivity index (χ1n) is 7.42. The summed E-state index contributed by atoms with van der Waals surface area (Å²) in [4.78, 5) is 16.1. The van der Waals surface area contributed by atoms with E-state index in [1.165, 1.54) is 6.20 Å². The van der Waals surface area contributed by atoms with Crippen molar-refractivity contribution in [2.45, 2.75) is 6.42 Å². The summed E-state index contributed by atoms with van der Waals surface area (Å²) in [5.74, 6) is 0.934. The number of benzene rings is 1. The second kappa shape index (κ2) is 8.96. The lowest BCUT2D eigenvalue weighted by molar-refractivity contribution is -0.117. The number of hydrogen-bond donors (Lipinski definition) is 2. The molecule has 0 unspecified atom stereocenters. The number of hydrogen-bond acceptors (Lipinski definition) is 5. The number of nitrogens with zero attached hydrogens (tertiary/aromatic N) is 2. The van der Waals surface area contributed by atoms with E-state index in [-0.39, 0.29) is 5.57 Å². The van der Waals surface area contributed by atoms with Gasteiger partial charge in [-0.25, -0.2) is 4.98 Å². The van der Waals surface area contributed by atoms with Gasteiger partial charge < -0.3 is 15.4 Å². The molecule has 0 fully saturated rings. The van der Waals surface area contributed by atoms with E-state index in [1.807, 2.05) is 36.4 Å². The van der Waals surface area contributed by atoms with Crippen molar-refractivity contribution in [2.75, 3.05) is 19.0 Å². The Kier molecular flexibility index (Phi) is 6.35. The summed E-state index contributed by atoms with van der Waals surface area (Å²) >= 11 is 0. The van der Waals surface area contributed by atoms with Crippen molar-refractivity contribution >= 4 is 11.7 Å². The number of nitrogens with one attached hydrogen (secondary N) is 2. The Labute approximate surface area is 140 Å². The third-order valence-electron chi connectivity index (χ3n) is 3.25. The molecular weight excluding hydrogens is 304 g/mol. The smallest absolute Gasteiger partial charge is 0.263 e. The zero-order valence-electron chi connectivity index (χ0n) is 13.3. The third kappa shape index (κ3) is 5.14. The SMILES string of the molecule is COc1ccc(CCNC(=O)/C(C#N)=C\Nc2ccccn2)cc1. The van der Waals surface area contributed by atoms with E-state index < -0.39 is 5.91 Å². The number of amides is 1. The Hall–Kier alpha value is -3.33. The molecule has 0 saturated heterocycles. The number of pyridine rings is 1. The van der Waals surface area contributed by atoms with Crippen LogP contribution in [-0.4, -0.2) is 24.5 Å². The molecule has 1 aromatic carbocycles. The van der Waals surface area contributed by atoms with Crippen LogP contribution in [-0.2, 0) is 11.2 Å². The fourth-order valence-electron chi connectivity index (χ4n) is 1.95. The summed E-state index contributed by atoms with van der Waals surface area (Å²) in [5, 5.41) is 14.6. The highest BCUT2D eigenvalue weighted by atomic mass is 16.5. The van der Waals surface area contributed by atoms with E-state index in [4.69, 9.17) is 10.00 Å². The first-order chi connectivity index (χ1) is 11.7. The molecule has 6 heteroatoms. The Morgan fingerprint density at radius 2 is 2.08 bits per heavy atom. The number of anilines is 1. The van der Waals surface area contributed by atoms with Crippen LogP contribution in [0.1, 0.15) is 5.56 Å². The standard InChI is InChI=1S/C18H18N4O2/c1-24-16-7-5-14(6-8-16)9-11-21-18(23)15(12-19)13-22-17-4-2-3-10-20-17/h2-8,10,13H,9,11H2,1H3,(H,20,22)(H,21,23)/b15-13-. The zero-order chi connectivity index (χ0) is 17.2. The van der Waals surface area contributed by atoms with E-state index in [9.17, 15) is 4.79 Å². The molecule has 0 radical (unpaired) electrons. The van der Waals surface area contributed by atoms with E-state index >= 15 is 0 Å². The maximum absolute atomic E-state index is 12.0. The van der Waals surface area contributed by atoms with Gasteiger partial charge in [-0.3, -0.25) is 4.79 Å². The minimum absolute atomic E-state index is 0.00427. The van der Waals surface area contributed by atoms with Crippen LogP contribution in [0.2, 0.25) is 0 Å². The molecule has 2 aromatic rings. The summed E-state index contributed by atoms with van der Waals surface area (Å²) in [6, 6.07) is 14.8. The first-order valence-corrected chi connectivity index (χ1v) is 7.42. The summed E-state index contributed by atoms with van der Waals surface area (Å²) in [6.07, 6.45) is 3.64. The maximum atomic E-state index is 12.0. The van der Waals surface area contributed by atoms with Gasteiger partial charge >= 0.3 is 0 Å². The molecular formula is C18H18N4O2. The molecule has 0 aliphatic carbocycles. The van der Waals surface area contributed by atoms with Gasteiger partial charge in [0.2, 0.25) is 0 Å². The normalized spacial score (nSPS) is 10.6. The maximum Gasteiger partial charge on any atom is 0.263 e. The lowest BCUT2D eigenvalue weighted by Crippen LogP contribution is -2.27. The van der Waals surface area contributed by atoms with Crippen LogP contribution in [0, 0.1) is 11.3 Å². The van der Waals surface area contributed by atoms with Crippen LogP contribution in [0.25, 0.3) is 0 Å². The molecule has 2 N–H and O–H groups in total. The molecule has 1 aromatic heterocycles. The fraction of sp³-hybridized carbons (Fsp3) is 0.167. The predicted octanol–water partition coefficient (Wildman–Crippen LogP) is 2.27. The largest absolute Gasteiger partial charge is 0.497 e. The number of rotatable bonds is 7. The van der Waals surface area contributed by atoms with Gasteiger partial charge in [0.1, 0.15) is 23.2 Å². The predicted molar refractivity (Wildman–Crippen MR) is 91.3 cm³/mol. The van der Waals surface area contributed by atoms with Crippen LogP contribution in [0.15, 0.2) is 60.4 Å². The molecule has 0 bridgehead atoms. The molecule has 24 heavy (non-hydrogen) atoms. The molecule has 0 saturated carbocycles. The minimum atomic E-state index is -0.422. The first kappa shape index (κ1) is 17.0. The van der Waals surface area contributed by atoms with Crippen molar-refractivity contribution in [2.24, 2.45) is 0 Å². The Morgan fingerprint density at radius 3 is 2.71 bits per heavy atom. The second-order valence-corrected chi connectivity index (χ2v) is 4.88. The van der Waals surface area contributed by atoms with Crippen molar-refractivity contribution in [1.29, 1.82) is 5.26 Å². The van der Waals surface area contributed by atoms with Gasteiger partial charge in [0.15, 0.2) is 0 Å². The van der Waals surface area contributed by atoms with Crippen molar-refractivity contribution < 1.29 is 9.53 Å². The summed E-state index contributed by atoms with van der Waals surface area (Å²) < 4.78 is 5.10. The van der Waals surface area contributed by atoms with Gasteiger partial charge in [0.25, 0.3) is 5.91 Å². The van der Waals surface area contributed by atoms with E-state index in [0.29, 0.717) is 18.8 Å². The topological polar surface area (TPSA) is 87.0 Å². The molecule has 0 spiro atoms. The van der Waals surface area contributed by atoms with Gasteiger partial charge in [-0.1, -0.05) is 18.2 Å². The third-order valence-corrected chi connectivity index (χ3v) is 3.25. The van der Waals surface area contributed by atoms with Gasteiger partial charge in [-0.05, 0) is 36.2 Å². The number of methoxy groups -OCH3 is 1. The van der Waals surface area contributed by atoms with Crippen molar-refractivity contribution in [3.63, 3.8) is 0 Å². The molecule has 1 heterocycles. The molecule has 1 amide bonds. The quantitative estimate of drug-likeness (QED) is 0.603. The van der Waals surface area contributed by atoms with Crippen LogP contribution in [0.3, 0.4) is 0 Å². The minimum Gasteiger partial charge on any atom is -0.497 e. The van der Waals surface area contributed by atoms with E-state index in [1.54, 1.807) is 25.4 Å². The van der Waals surface area contributed by atoms with Gasteiger partial charge in [0, 0.05) is 18.9 Å². The lowest BCUT2D eigenvalue weighted by atomic mass is 10.1. The molecule has 0 aliphatic heterocycles. The Bertz CT molecular complexity index is 734. The summed E-state index contributed by atoms with van der Waals surface area (Å²) in [5.41, 5.74) is 1.07. The van der Waals surface area contributed by atoms with Gasteiger partial charge in [-0.2, -0.15) is 5.26 Å². The molecule has 122 valence electrons. The van der Waals surface area contributed by atoms with Crippen molar-refractivity contribution in [3.8, 4) is 11.8 Å². The van der Waals surface area contributed by atoms with Crippen LogP contribution in [0.5, 0.6) is 5.75 Å². The van der Waals surface area contributed by atoms with Crippen LogP contribution in [0.4, 0.5) is 5.82 Å². The highest BCUT2D eigenvalue weighted by Gasteiger charge is 2.08. The lowest BCUT2D eigenvalue weighted by Gasteiger charge is -2.06. The Morgan fingerprint density at radius 1 is 1.29 bits per heavy atom. The van der Waals surface area contributed by atoms with Crippen molar-refractivity contribution in [1.82, 2.24) is 10.3 Å².